The zero-order valence-corrected chi connectivity index (χ0v) is 18.0. The Morgan fingerprint density at radius 1 is 1.17 bits per heavy atom. The number of benzene rings is 2. The molecule has 0 aliphatic rings. The van der Waals surface area contributed by atoms with Gasteiger partial charge in [0.15, 0.2) is 16.8 Å². The van der Waals surface area contributed by atoms with Crippen molar-refractivity contribution < 1.29 is 14.3 Å². The minimum atomic E-state index is -0.261. The Hall–Kier alpha value is -2.51. The van der Waals surface area contributed by atoms with Gasteiger partial charge in [0.2, 0.25) is 0 Å². The van der Waals surface area contributed by atoms with Crippen LogP contribution in [0, 0.1) is 0 Å². The van der Waals surface area contributed by atoms with Crippen LogP contribution >= 0.6 is 23.4 Å². The highest BCUT2D eigenvalue weighted by molar-refractivity contribution is 8.00. The molecule has 0 radical (unpaired) electrons. The second-order valence-electron chi connectivity index (χ2n) is 6.28. The summed E-state index contributed by atoms with van der Waals surface area (Å²) in [4.78, 5) is 12.9. The Balaban J connectivity index is 1.68. The van der Waals surface area contributed by atoms with E-state index in [1.807, 2.05) is 30.7 Å². The number of aromatic nitrogens is 3. The molecule has 2 aromatic carbocycles. The Kier molecular flexibility index (Phi) is 7.17. The number of hydrogen-bond acceptors (Lipinski definition) is 6. The van der Waals surface area contributed by atoms with E-state index >= 15 is 0 Å². The lowest BCUT2D eigenvalue weighted by Crippen LogP contribution is -2.17. The smallest absolute Gasteiger partial charge is 0.191 e. The number of para-hydroxylation sites is 1. The van der Waals surface area contributed by atoms with Gasteiger partial charge < -0.3 is 14.0 Å². The minimum Gasteiger partial charge on any atom is -0.497 e. The largest absolute Gasteiger partial charge is 0.497 e. The summed E-state index contributed by atoms with van der Waals surface area (Å²) in [6.07, 6.45) is 0.674. The lowest BCUT2D eigenvalue weighted by Gasteiger charge is -2.13. The normalized spacial score (nSPS) is 11.9. The first kappa shape index (κ1) is 21.2. The molecule has 3 aromatic rings. The highest BCUT2D eigenvalue weighted by Crippen LogP contribution is 2.28. The molecule has 0 spiro atoms. The maximum atomic E-state index is 12.9. The summed E-state index contributed by atoms with van der Waals surface area (Å²) in [6.45, 7) is 2.22. The summed E-state index contributed by atoms with van der Waals surface area (Å²) in [6, 6.07) is 14.4. The van der Waals surface area contributed by atoms with Gasteiger partial charge in [0, 0.05) is 12.6 Å². The number of methoxy groups -OCH3 is 1. The summed E-state index contributed by atoms with van der Waals surface area (Å²) in [7, 11) is 3.46. The molecule has 1 aromatic heterocycles. The van der Waals surface area contributed by atoms with Crippen molar-refractivity contribution in [3.05, 3.63) is 64.9 Å². The summed E-state index contributed by atoms with van der Waals surface area (Å²) in [5.74, 6) is 2.02. The van der Waals surface area contributed by atoms with Crippen molar-refractivity contribution in [1.82, 2.24) is 14.8 Å². The van der Waals surface area contributed by atoms with Gasteiger partial charge in [0.25, 0.3) is 0 Å². The van der Waals surface area contributed by atoms with E-state index in [1.165, 1.54) is 11.8 Å². The summed E-state index contributed by atoms with van der Waals surface area (Å²) < 4.78 is 12.7. The van der Waals surface area contributed by atoms with E-state index in [0.29, 0.717) is 33.7 Å². The van der Waals surface area contributed by atoms with Crippen LogP contribution in [0.3, 0.4) is 0 Å². The standard InChI is InChI=1S/C21H22ClN3O3S/c1-4-18(20(26)14-9-11-15(27-3)12-10-14)29-21-24-23-19(25(21)2)13-28-17-8-6-5-7-16(17)22/h5-12,18H,4,13H2,1-3H3. The molecule has 6 nitrogen and oxygen atoms in total. The fourth-order valence-electron chi connectivity index (χ4n) is 2.67. The number of carbonyl (C=O) groups excluding carboxylic acids is 1. The van der Waals surface area contributed by atoms with Crippen LogP contribution in [0.1, 0.15) is 29.5 Å². The van der Waals surface area contributed by atoms with Crippen molar-refractivity contribution in [2.24, 2.45) is 7.05 Å². The number of halogens is 1. The van der Waals surface area contributed by atoms with Crippen molar-refractivity contribution in [1.29, 1.82) is 0 Å². The molecule has 0 saturated heterocycles. The molecule has 8 heteroatoms. The third kappa shape index (κ3) is 5.10. The van der Waals surface area contributed by atoms with Gasteiger partial charge in [0.1, 0.15) is 18.1 Å². The van der Waals surface area contributed by atoms with Crippen LogP contribution in [0.4, 0.5) is 0 Å². The van der Waals surface area contributed by atoms with Gasteiger partial charge in [-0.15, -0.1) is 10.2 Å². The number of rotatable bonds is 9. The summed E-state index contributed by atoms with van der Waals surface area (Å²) >= 11 is 7.52. The first-order chi connectivity index (χ1) is 14.0. The highest BCUT2D eigenvalue weighted by Gasteiger charge is 2.23. The third-order valence-electron chi connectivity index (χ3n) is 4.40. The van der Waals surface area contributed by atoms with Crippen molar-refractivity contribution in [2.75, 3.05) is 7.11 Å². The van der Waals surface area contributed by atoms with Crippen molar-refractivity contribution >= 4 is 29.1 Å². The molecule has 0 bridgehead atoms. The molecule has 0 N–H and O–H groups in total. The average Bonchev–Trinajstić information content (AvgIpc) is 3.10. The van der Waals surface area contributed by atoms with Crippen LogP contribution in [0.25, 0.3) is 0 Å². The zero-order chi connectivity index (χ0) is 20.8. The van der Waals surface area contributed by atoms with E-state index in [4.69, 9.17) is 21.1 Å². The number of carbonyl (C=O) groups is 1. The molecule has 0 aliphatic carbocycles. The molecule has 29 heavy (non-hydrogen) atoms. The maximum absolute atomic E-state index is 12.9. The molecule has 1 atom stereocenters. The van der Waals surface area contributed by atoms with Crippen LogP contribution in [0.2, 0.25) is 5.02 Å². The molecule has 0 amide bonds. The van der Waals surface area contributed by atoms with Crippen molar-refractivity contribution in [3.63, 3.8) is 0 Å². The first-order valence-corrected chi connectivity index (χ1v) is 10.4. The van der Waals surface area contributed by atoms with E-state index < -0.39 is 0 Å². The number of ketones is 1. The van der Waals surface area contributed by atoms with Gasteiger partial charge in [-0.1, -0.05) is 42.4 Å². The van der Waals surface area contributed by atoms with E-state index in [-0.39, 0.29) is 17.6 Å². The van der Waals surface area contributed by atoms with Gasteiger partial charge in [-0.05, 0) is 42.8 Å². The first-order valence-electron chi connectivity index (χ1n) is 9.14. The Morgan fingerprint density at radius 2 is 1.90 bits per heavy atom. The second kappa shape index (κ2) is 9.80. The van der Waals surface area contributed by atoms with Crippen LogP contribution < -0.4 is 9.47 Å². The molecule has 152 valence electrons. The molecule has 3 rings (SSSR count). The Morgan fingerprint density at radius 3 is 2.55 bits per heavy atom. The monoisotopic (exact) mass is 431 g/mol. The lowest BCUT2D eigenvalue weighted by atomic mass is 10.1. The van der Waals surface area contributed by atoms with Gasteiger partial charge in [-0.25, -0.2) is 0 Å². The Bertz CT molecular complexity index is 976. The predicted octanol–water partition coefficient (Wildman–Crippen LogP) is 4.81. The average molecular weight is 432 g/mol. The third-order valence-corrected chi connectivity index (χ3v) is 6.11. The van der Waals surface area contributed by atoms with Crippen molar-refractivity contribution in [2.45, 2.75) is 30.4 Å². The van der Waals surface area contributed by atoms with Crippen LogP contribution in [0.15, 0.2) is 53.7 Å². The number of thioether (sulfide) groups is 1. The zero-order valence-electron chi connectivity index (χ0n) is 16.5. The van der Waals surface area contributed by atoms with Gasteiger partial charge in [-0.2, -0.15) is 0 Å². The molecule has 1 heterocycles. The SMILES string of the molecule is CCC(Sc1nnc(COc2ccccc2Cl)n1C)C(=O)c1ccc(OC)cc1. The van der Waals surface area contributed by atoms with Gasteiger partial charge in [-0.3, -0.25) is 4.79 Å². The van der Waals surface area contributed by atoms with Gasteiger partial charge in [0.05, 0.1) is 17.4 Å². The molecular formula is C21H22ClN3O3S. The lowest BCUT2D eigenvalue weighted by molar-refractivity contribution is 0.0988. The van der Waals surface area contributed by atoms with Crippen LogP contribution in [0.5, 0.6) is 11.5 Å². The molecule has 0 aliphatic heterocycles. The second-order valence-corrected chi connectivity index (χ2v) is 7.86. The number of nitrogens with zero attached hydrogens (tertiary/aromatic N) is 3. The van der Waals surface area contributed by atoms with Gasteiger partial charge >= 0.3 is 0 Å². The van der Waals surface area contributed by atoms with Crippen LogP contribution in [-0.2, 0) is 13.7 Å². The van der Waals surface area contributed by atoms with E-state index in [1.54, 1.807) is 43.5 Å². The quantitative estimate of drug-likeness (QED) is 0.358. The maximum Gasteiger partial charge on any atom is 0.191 e. The van der Waals surface area contributed by atoms with Crippen molar-refractivity contribution in [3.8, 4) is 11.5 Å². The Labute approximate surface area is 179 Å². The van der Waals surface area contributed by atoms with Crippen LogP contribution in [-0.4, -0.2) is 32.9 Å². The predicted molar refractivity (Wildman–Crippen MR) is 114 cm³/mol. The van der Waals surface area contributed by atoms with E-state index in [2.05, 4.69) is 10.2 Å². The fraction of sp³-hybridized carbons (Fsp3) is 0.286. The molecular weight excluding hydrogens is 410 g/mol. The summed E-state index contributed by atoms with van der Waals surface area (Å²) in [5.41, 5.74) is 0.648. The highest BCUT2D eigenvalue weighted by atomic mass is 35.5. The number of hydrogen-bond donors (Lipinski definition) is 0. The minimum absolute atomic E-state index is 0.0528. The fourth-order valence-corrected chi connectivity index (χ4v) is 3.87. The molecule has 0 fully saturated rings. The van der Waals surface area contributed by atoms with E-state index in [9.17, 15) is 4.79 Å². The molecule has 0 saturated carbocycles. The molecule has 1 unspecified atom stereocenters. The number of ether oxygens (including phenoxy) is 2. The van der Waals surface area contributed by atoms with E-state index in [0.717, 1.165) is 5.75 Å². The topological polar surface area (TPSA) is 66.2 Å². The number of Topliss-reactive ketones (excluding diaryl/α,β-unsaturated/α-hetero) is 1. The summed E-state index contributed by atoms with van der Waals surface area (Å²) in [5, 5.41) is 9.38.